The zero-order valence-corrected chi connectivity index (χ0v) is 15.2. The van der Waals surface area contributed by atoms with Gasteiger partial charge in [0.25, 0.3) is 5.91 Å². The van der Waals surface area contributed by atoms with E-state index >= 15 is 0 Å². The Balaban J connectivity index is 1.79. The largest absolute Gasteiger partial charge is 0.444 e. The molecule has 0 saturated carbocycles. The second kappa shape index (κ2) is 8.68. The Bertz CT molecular complexity index is 951. The van der Waals surface area contributed by atoms with Crippen LogP contribution in [0.3, 0.4) is 0 Å². The van der Waals surface area contributed by atoms with E-state index in [1.165, 1.54) is 7.05 Å². The summed E-state index contributed by atoms with van der Waals surface area (Å²) in [6.45, 7) is 0. The smallest absolute Gasteiger partial charge is 0.339 e. The van der Waals surface area contributed by atoms with E-state index in [-0.39, 0.29) is 0 Å². The summed E-state index contributed by atoms with van der Waals surface area (Å²) in [5.74, 6) is -1.40. The average molecular weight is 377 g/mol. The molecule has 28 heavy (non-hydrogen) atoms. The van der Waals surface area contributed by atoms with Gasteiger partial charge < -0.3 is 14.6 Å². The summed E-state index contributed by atoms with van der Waals surface area (Å²) in [5.41, 5.74) is 1.64. The van der Waals surface area contributed by atoms with Crippen LogP contribution in [0.5, 0.6) is 0 Å². The van der Waals surface area contributed by atoms with Gasteiger partial charge in [0.15, 0.2) is 0 Å². The van der Waals surface area contributed by atoms with Gasteiger partial charge in [-0.1, -0.05) is 30.3 Å². The van der Waals surface area contributed by atoms with Crippen molar-refractivity contribution in [3.05, 3.63) is 90.3 Å². The van der Waals surface area contributed by atoms with Crippen molar-refractivity contribution in [1.29, 1.82) is 0 Å². The Morgan fingerprint density at radius 2 is 1.54 bits per heavy atom. The number of nitrogens with one attached hydrogen (secondary N) is 2. The van der Waals surface area contributed by atoms with Crippen molar-refractivity contribution in [2.75, 3.05) is 7.05 Å². The molecule has 142 valence electrons. The second-order valence-corrected chi connectivity index (χ2v) is 5.90. The van der Waals surface area contributed by atoms with Crippen LogP contribution in [0, 0.1) is 0 Å². The first-order chi connectivity index (χ1) is 13.6. The molecule has 3 rings (SSSR count). The zero-order chi connectivity index (χ0) is 19.9. The van der Waals surface area contributed by atoms with E-state index in [4.69, 9.17) is 4.74 Å². The molecule has 0 aliphatic rings. The van der Waals surface area contributed by atoms with Crippen LogP contribution in [-0.2, 0) is 9.53 Å². The molecule has 0 aliphatic heterocycles. The summed E-state index contributed by atoms with van der Waals surface area (Å²) in [7, 11) is 1.39. The van der Waals surface area contributed by atoms with Crippen LogP contribution in [0.1, 0.15) is 22.0 Å². The number of hydrogen-bond acceptors (Lipinski definition) is 4. The number of esters is 1. The molecule has 0 fully saturated rings. The highest BCUT2D eigenvalue weighted by atomic mass is 16.5. The normalized spacial score (nSPS) is 11.3. The molecule has 0 saturated heterocycles. The number of carbonyl (C=O) groups is 3. The Morgan fingerprint density at radius 3 is 2.14 bits per heavy atom. The number of nitrogens with zero attached hydrogens (tertiary/aromatic N) is 1. The van der Waals surface area contributed by atoms with Crippen molar-refractivity contribution >= 4 is 17.9 Å². The van der Waals surface area contributed by atoms with E-state index in [0.29, 0.717) is 11.1 Å². The fraction of sp³-hybridized carbons (Fsp3) is 0.0952. The molecule has 1 atom stereocenters. The number of benzene rings is 2. The van der Waals surface area contributed by atoms with Gasteiger partial charge >= 0.3 is 12.0 Å². The van der Waals surface area contributed by atoms with Crippen LogP contribution in [0.4, 0.5) is 4.79 Å². The van der Waals surface area contributed by atoms with E-state index in [1.807, 2.05) is 29.1 Å². The minimum atomic E-state index is -1.25. The first-order valence-corrected chi connectivity index (χ1v) is 8.60. The number of ether oxygens (including phenoxy) is 1. The van der Waals surface area contributed by atoms with Crippen molar-refractivity contribution in [2.24, 2.45) is 0 Å². The molecular formula is C21H19N3O4. The summed E-state index contributed by atoms with van der Waals surface area (Å²) in [5, 5.41) is 4.44. The van der Waals surface area contributed by atoms with Crippen LogP contribution in [0.15, 0.2) is 79.1 Å². The lowest BCUT2D eigenvalue weighted by molar-refractivity contribution is -0.129. The van der Waals surface area contributed by atoms with Gasteiger partial charge in [-0.3, -0.25) is 10.1 Å². The van der Waals surface area contributed by atoms with E-state index < -0.39 is 24.0 Å². The van der Waals surface area contributed by atoms with Gasteiger partial charge in [0.2, 0.25) is 6.10 Å². The molecule has 0 aliphatic carbocycles. The SMILES string of the molecule is CNC(=O)NC(=O)C(OC(=O)c1ccc(-n2cccc2)cc1)c1ccccc1. The van der Waals surface area contributed by atoms with Gasteiger partial charge in [0, 0.05) is 30.7 Å². The Labute approximate surface area is 161 Å². The molecule has 3 amide bonds. The molecule has 2 aromatic carbocycles. The number of urea groups is 1. The summed E-state index contributed by atoms with van der Waals surface area (Å²) in [4.78, 5) is 36.5. The fourth-order valence-corrected chi connectivity index (χ4v) is 2.59. The van der Waals surface area contributed by atoms with E-state index in [1.54, 1.807) is 54.6 Å². The maximum Gasteiger partial charge on any atom is 0.339 e. The first kappa shape index (κ1) is 18.9. The number of carbonyl (C=O) groups excluding carboxylic acids is 3. The van der Waals surface area contributed by atoms with Crippen LogP contribution < -0.4 is 10.6 Å². The van der Waals surface area contributed by atoms with E-state index in [2.05, 4.69) is 10.6 Å². The van der Waals surface area contributed by atoms with E-state index in [0.717, 1.165) is 5.69 Å². The van der Waals surface area contributed by atoms with Crippen LogP contribution in [0.25, 0.3) is 5.69 Å². The molecule has 1 unspecified atom stereocenters. The number of imide groups is 1. The number of amides is 3. The highest BCUT2D eigenvalue weighted by molar-refractivity contribution is 5.99. The first-order valence-electron chi connectivity index (χ1n) is 8.60. The zero-order valence-electron chi connectivity index (χ0n) is 15.2. The van der Waals surface area contributed by atoms with Gasteiger partial charge in [-0.2, -0.15) is 0 Å². The topological polar surface area (TPSA) is 89.4 Å². The third kappa shape index (κ3) is 4.45. The van der Waals surface area contributed by atoms with Crippen LogP contribution >= 0.6 is 0 Å². The molecule has 7 nitrogen and oxygen atoms in total. The predicted molar refractivity (Wildman–Crippen MR) is 103 cm³/mol. The van der Waals surface area contributed by atoms with Crippen molar-refractivity contribution in [1.82, 2.24) is 15.2 Å². The fourth-order valence-electron chi connectivity index (χ4n) is 2.59. The molecule has 0 radical (unpaired) electrons. The number of aromatic nitrogens is 1. The molecule has 0 spiro atoms. The minimum Gasteiger partial charge on any atom is -0.444 e. The Morgan fingerprint density at radius 1 is 0.893 bits per heavy atom. The van der Waals surface area contributed by atoms with Crippen LogP contribution in [0.2, 0.25) is 0 Å². The molecular weight excluding hydrogens is 358 g/mol. The second-order valence-electron chi connectivity index (χ2n) is 5.90. The summed E-state index contributed by atoms with van der Waals surface area (Å²) < 4.78 is 7.32. The lowest BCUT2D eigenvalue weighted by atomic mass is 10.1. The molecule has 2 N–H and O–H groups in total. The van der Waals surface area contributed by atoms with Gasteiger partial charge in [-0.25, -0.2) is 9.59 Å². The third-order valence-corrected chi connectivity index (χ3v) is 4.03. The summed E-state index contributed by atoms with van der Waals surface area (Å²) in [6.07, 6.45) is 2.53. The lowest BCUT2D eigenvalue weighted by Crippen LogP contribution is -2.41. The van der Waals surface area contributed by atoms with Gasteiger partial charge in [0.05, 0.1) is 5.56 Å². The van der Waals surface area contributed by atoms with E-state index in [9.17, 15) is 14.4 Å². The molecule has 1 heterocycles. The quantitative estimate of drug-likeness (QED) is 0.669. The number of rotatable bonds is 5. The molecule has 7 heteroatoms. The van der Waals surface area contributed by atoms with Gasteiger partial charge in [-0.15, -0.1) is 0 Å². The molecule has 1 aromatic heterocycles. The predicted octanol–water partition coefficient (Wildman–Crippen LogP) is 2.83. The lowest BCUT2D eigenvalue weighted by Gasteiger charge is -2.17. The standard InChI is InChI=1S/C21H19N3O4/c1-22-21(27)23-19(25)18(15-7-3-2-4-8-15)28-20(26)16-9-11-17(12-10-16)24-13-5-6-14-24/h2-14,18H,1H3,(H2,22,23,25,27). The summed E-state index contributed by atoms with van der Waals surface area (Å²) in [6, 6.07) is 18.4. The maximum absolute atomic E-state index is 12.6. The van der Waals surface area contributed by atoms with Gasteiger partial charge in [0.1, 0.15) is 0 Å². The third-order valence-electron chi connectivity index (χ3n) is 4.03. The van der Waals surface area contributed by atoms with Crippen molar-refractivity contribution < 1.29 is 19.1 Å². The Kier molecular flexibility index (Phi) is 5.86. The van der Waals surface area contributed by atoms with Crippen LogP contribution in [-0.4, -0.2) is 29.5 Å². The average Bonchev–Trinajstić information content (AvgIpc) is 3.27. The van der Waals surface area contributed by atoms with Crippen molar-refractivity contribution in [3.8, 4) is 5.69 Å². The highest BCUT2D eigenvalue weighted by Gasteiger charge is 2.26. The maximum atomic E-state index is 12.6. The molecule has 3 aromatic rings. The monoisotopic (exact) mass is 377 g/mol. The highest BCUT2D eigenvalue weighted by Crippen LogP contribution is 2.20. The molecule has 0 bridgehead atoms. The minimum absolute atomic E-state index is 0.296. The van der Waals surface area contributed by atoms with Gasteiger partial charge in [-0.05, 0) is 36.4 Å². The number of hydrogen-bond donors (Lipinski definition) is 2. The Hall–Kier alpha value is -3.87. The van der Waals surface area contributed by atoms with Crippen molar-refractivity contribution in [3.63, 3.8) is 0 Å². The summed E-state index contributed by atoms with van der Waals surface area (Å²) >= 11 is 0. The van der Waals surface area contributed by atoms with Crippen molar-refractivity contribution in [2.45, 2.75) is 6.10 Å².